The van der Waals surface area contributed by atoms with Gasteiger partial charge in [0.1, 0.15) is 11.5 Å². The number of benzene rings is 1. The highest BCUT2D eigenvalue weighted by atomic mass is 16.5. The van der Waals surface area contributed by atoms with Gasteiger partial charge in [-0.25, -0.2) is 0 Å². The number of likely N-dealkylation sites (tertiary alicyclic amines) is 1. The zero-order chi connectivity index (χ0) is 20.4. The Morgan fingerprint density at radius 3 is 2.83 bits per heavy atom. The minimum absolute atomic E-state index is 0.0591. The van der Waals surface area contributed by atoms with Crippen LogP contribution in [0, 0.1) is 19.8 Å². The van der Waals surface area contributed by atoms with E-state index in [1.54, 1.807) is 13.2 Å². The van der Waals surface area contributed by atoms with Crippen molar-refractivity contribution in [2.24, 2.45) is 5.92 Å². The molecule has 0 N–H and O–H groups in total. The van der Waals surface area contributed by atoms with E-state index >= 15 is 0 Å². The summed E-state index contributed by atoms with van der Waals surface area (Å²) in [4.78, 5) is 19.6. The minimum Gasteiger partial charge on any atom is -0.497 e. The Balaban J connectivity index is 1.44. The molecule has 1 atom stereocenters. The molecule has 1 aliphatic heterocycles. The van der Waals surface area contributed by atoms with Crippen LogP contribution in [0.5, 0.6) is 5.75 Å². The zero-order valence-electron chi connectivity index (χ0n) is 17.0. The minimum atomic E-state index is 0.0591. The number of hydrogen-bond acceptors (Lipinski definition) is 5. The van der Waals surface area contributed by atoms with Crippen LogP contribution in [0.3, 0.4) is 0 Å². The first kappa shape index (κ1) is 19.2. The number of rotatable bonds is 5. The van der Waals surface area contributed by atoms with E-state index in [2.05, 4.69) is 5.16 Å². The maximum absolute atomic E-state index is 12.8. The van der Waals surface area contributed by atoms with Crippen molar-refractivity contribution in [1.29, 1.82) is 0 Å². The first-order valence-electron chi connectivity index (χ1n) is 9.87. The summed E-state index contributed by atoms with van der Waals surface area (Å²) >= 11 is 0. The van der Waals surface area contributed by atoms with Crippen LogP contribution in [0.2, 0.25) is 0 Å². The molecule has 4 rings (SSSR count). The second-order valence-corrected chi connectivity index (χ2v) is 7.56. The van der Waals surface area contributed by atoms with Gasteiger partial charge in [0.05, 0.1) is 24.1 Å². The molecule has 6 nitrogen and oxygen atoms in total. The summed E-state index contributed by atoms with van der Waals surface area (Å²) < 4.78 is 10.5. The van der Waals surface area contributed by atoms with Crippen LogP contribution in [0.15, 0.2) is 47.0 Å². The number of aromatic nitrogens is 2. The van der Waals surface area contributed by atoms with Crippen LogP contribution in [0.4, 0.5) is 0 Å². The smallest absolute Gasteiger partial charge is 0.253 e. The highest BCUT2D eigenvalue weighted by Gasteiger charge is 2.27. The number of carbonyl (C=O) groups is 1. The SMILES string of the molecule is COc1cccc(C(=O)N2CC[C@H](Cc3cccc(-c4c(C)noc4C)n3)C2)c1. The maximum Gasteiger partial charge on any atom is 0.253 e. The first-order chi connectivity index (χ1) is 14.0. The molecule has 0 bridgehead atoms. The predicted octanol–water partition coefficient (Wildman–Crippen LogP) is 4.07. The molecule has 3 aromatic rings. The Bertz CT molecular complexity index is 1010. The van der Waals surface area contributed by atoms with Crippen molar-refractivity contribution in [3.05, 3.63) is 65.2 Å². The van der Waals surface area contributed by atoms with Gasteiger partial charge in [0.15, 0.2) is 0 Å². The third-order valence-corrected chi connectivity index (χ3v) is 5.48. The van der Waals surface area contributed by atoms with Crippen LogP contribution in [0.1, 0.15) is 33.9 Å². The van der Waals surface area contributed by atoms with Gasteiger partial charge in [0, 0.05) is 24.3 Å². The van der Waals surface area contributed by atoms with E-state index < -0.39 is 0 Å². The lowest BCUT2D eigenvalue weighted by Crippen LogP contribution is -2.29. The van der Waals surface area contributed by atoms with E-state index in [1.807, 2.05) is 55.1 Å². The van der Waals surface area contributed by atoms with Crippen molar-refractivity contribution in [2.75, 3.05) is 20.2 Å². The molecule has 0 saturated carbocycles. The Kier molecular flexibility index (Phi) is 5.34. The van der Waals surface area contributed by atoms with Gasteiger partial charge in [-0.2, -0.15) is 0 Å². The normalized spacial score (nSPS) is 16.2. The van der Waals surface area contributed by atoms with Gasteiger partial charge in [-0.15, -0.1) is 0 Å². The average Bonchev–Trinajstić information content (AvgIpc) is 3.34. The molecule has 0 aliphatic carbocycles. The van der Waals surface area contributed by atoms with Crippen molar-refractivity contribution in [2.45, 2.75) is 26.7 Å². The zero-order valence-corrected chi connectivity index (χ0v) is 17.0. The lowest BCUT2D eigenvalue weighted by Gasteiger charge is -2.17. The van der Waals surface area contributed by atoms with Crippen LogP contribution in [0.25, 0.3) is 11.3 Å². The Morgan fingerprint density at radius 1 is 1.24 bits per heavy atom. The fraction of sp³-hybridized carbons (Fsp3) is 0.348. The molecule has 1 aliphatic rings. The van der Waals surface area contributed by atoms with Gasteiger partial charge < -0.3 is 14.2 Å². The van der Waals surface area contributed by atoms with Crippen molar-refractivity contribution in [3.8, 4) is 17.0 Å². The molecule has 6 heteroatoms. The fourth-order valence-corrected chi connectivity index (χ4v) is 4.00. The average molecular weight is 391 g/mol. The van der Waals surface area contributed by atoms with Gasteiger partial charge in [-0.05, 0) is 62.9 Å². The summed E-state index contributed by atoms with van der Waals surface area (Å²) in [5.74, 6) is 1.94. The van der Waals surface area contributed by atoms with Crippen LogP contribution < -0.4 is 4.74 Å². The van der Waals surface area contributed by atoms with E-state index in [0.29, 0.717) is 17.2 Å². The topological polar surface area (TPSA) is 68.5 Å². The highest BCUT2D eigenvalue weighted by Crippen LogP contribution is 2.27. The number of amides is 1. The van der Waals surface area contributed by atoms with Crippen LogP contribution >= 0.6 is 0 Å². The first-order valence-corrected chi connectivity index (χ1v) is 9.87. The van der Waals surface area contributed by atoms with Gasteiger partial charge in [0.2, 0.25) is 0 Å². The lowest BCUT2D eigenvalue weighted by molar-refractivity contribution is 0.0786. The van der Waals surface area contributed by atoms with Crippen LogP contribution in [-0.2, 0) is 6.42 Å². The van der Waals surface area contributed by atoms with E-state index in [9.17, 15) is 4.79 Å². The quantitative estimate of drug-likeness (QED) is 0.656. The molecule has 1 saturated heterocycles. The summed E-state index contributed by atoms with van der Waals surface area (Å²) in [5.41, 5.74) is 4.41. The Hall–Kier alpha value is -3.15. The van der Waals surface area contributed by atoms with Crippen molar-refractivity contribution in [1.82, 2.24) is 15.0 Å². The Labute approximate surface area is 170 Å². The summed E-state index contributed by atoms with van der Waals surface area (Å²) in [5, 5.41) is 4.03. The molecule has 1 fully saturated rings. The number of methoxy groups -OCH3 is 1. The second-order valence-electron chi connectivity index (χ2n) is 7.56. The molecule has 150 valence electrons. The number of nitrogens with zero attached hydrogens (tertiary/aromatic N) is 3. The van der Waals surface area contributed by atoms with E-state index in [1.165, 1.54) is 0 Å². The monoisotopic (exact) mass is 391 g/mol. The number of carbonyl (C=O) groups excluding carboxylic acids is 1. The van der Waals surface area contributed by atoms with Crippen molar-refractivity contribution >= 4 is 5.91 Å². The third-order valence-electron chi connectivity index (χ3n) is 5.48. The summed E-state index contributed by atoms with van der Waals surface area (Å²) in [7, 11) is 1.61. The van der Waals surface area contributed by atoms with Gasteiger partial charge in [0.25, 0.3) is 5.91 Å². The standard InChI is InChI=1S/C23H25N3O3/c1-15-22(16(2)29-25-15)21-9-5-7-19(24-21)12-17-10-11-26(14-17)23(27)18-6-4-8-20(13-18)28-3/h4-9,13,17H,10-12,14H2,1-3H3/t17-/m1/s1. The summed E-state index contributed by atoms with van der Waals surface area (Å²) in [6, 6.07) is 13.4. The van der Waals surface area contributed by atoms with Gasteiger partial charge in [-0.1, -0.05) is 17.3 Å². The summed E-state index contributed by atoms with van der Waals surface area (Å²) in [6.45, 7) is 5.35. The third kappa shape index (κ3) is 4.01. The van der Waals surface area contributed by atoms with E-state index in [4.69, 9.17) is 14.2 Å². The Morgan fingerprint density at radius 2 is 2.07 bits per heavy atom. The van der Waals surface area contributed by atoms with Gasteiger partial charge in [-0.3, -0.25) is 9.78 Å². The molecule has 1 amide bonds. The number of pyridine rings is 1. The maximum atomic E-state index is 12.8. The molecule has 0 spiro atoms. The number of ether oxygens (including phenoxy) is 1. The lowest BCUT2D eigenvalue weighted by atomic mass is 10.0. The number of aryl methyl sites for hydroxylation is 2. The molecule has 0 unspecified atom stereocenters. The van der Waals surface area contributed by atoms with Crippen LogP contribution in [-0.4, -0.2) is 41.1 Å². The fourth-order valence-electron chi connectivity index (χ4n) is 4.00. The van der Waals surface area contributed by atoms with E-state index in [0.717, 1.165) is 54.3 Å². The van der Waals surface area contributed by atoms with E-state index in [-0.39, 0.29) is 5.91 Å². The largest absolute Gasteiger partial charge is 0.497 e. The van der Waals surface area contributed by atoms with Gasteiger partial charge >= 0.3 is 0 Å². The number of hydrogen-bond donors (Lipinski definition) is 0. The molecule has 2 aromatic heterocycles. The molecule has 29 heavy (non-hydrogen) atoms. The van der Waals surface area contributed by atoms with Crippen molar-refractivity contribution in [3.63, 3.8) is 0 Å². The molecular formula is C23H25N3O3. The highest BCUT2D eigenvalue weighted by molar-refractivity contribution is 5.94. The summed E-state index contributed by atoms with van der Waals surface area (Å²) in [6.07, 6.45) is 1.83. The molecule has 3 heterocycles. The molecular weight excluding hydrogens is 366 g/mol. The molecule has 0 radical (unpaired) electrons. The second kappa shape index (κ2) is 8.07. The molecule has 1 aromatic carbocycles. The van der Waals surface area contributed by atoms with Crippen molar-refractivity contribution < 1.29 is 14.1 Å². The predicted molar refractivity (Wildman–Crippen MR) is 110 cm³/mol.